The van der Waals surface area contributed by atoms with Gasteiger partial charge in [0.2, 0.25) is 16.3 Å². The molecule has 272 valence electrons. The highest BCUT2D eigenvalue weighted by atomic mass is 32.2. The minimum Gasteiger partial charge on any atom is -0.497 e. The van der Waals surface area contributed by atoms with Crippen molar-refractivity contribution in [1.82, 2.24) is 14.6 Å². The summed E-state index contributed by atoms with van der Waals surface area (Å²) in [5.41, 5.74) is 5.64. The summed E-state index contributed by atoms with van der Waals surface area (Å²) in [7, 11) is -2.47. The maximum atomic E-state index is 13.5. The summed E-state index contributed by atoms with van der Waals surface area (Å²) in [6.45, 7) is -0.166. The number of aliphatic hydroxyl groups excluding tert-OH is 1. The molecule has 1 amide bonds. The Balaban J connectivity index is 1.16. The molecular weight excluding hydrogens is 691 g/mol. The number of benzene rings is 3. The molecule has 0 unspecified atom stereocenters. The van der Waals surface area contributed by atoms with Crippen molar-refractivity contribution in [3.8, 4) is 16.9 Å². The molecule has 0 saturated carbocycles. The van der Waals surface area contributed by atoms with Crippen LogP contribution in [0.2, 0.25) is 0 Å². The third kappa shape index (κ3) is 8.23. The fourth-order valence-electron chi connectivity index (χ4n) is 6.36. The van der Waals surface area contributed by atoms with E-state index < -0.39 is 27.1 Å². The van der Waals surface area contributed by atoms with Crippen LogP contribution in [0.5, 0.6) is 5.75 Å². The predicted octanol–water partition coefficient (Wildman–Crippen LogP) is 4.21. The number of pyridine rings is 1. The van der Waals surface area contributed by atoms with Crippen LogP contribution in [0.15, 0.2) is 102 Å². The second kappa shape index (κ2) is 16.3. The largest absolute Gasteiger partial charge is 0.497 e. The number of hydrogen-bond donors (Lipinski definition) is 3. The molecule has 6 rings (SSSR count). The SMILES string of the molecule is COc1ccc(S(=O)(=O)N(CCO)CCO[C@@H]2C[C@H](c3cccc4c3Cc3ccccc3-4)C=C(C(=O)NCCNc3ccc([N+](=O)[O-])cn3)O2)cc1. The van der Waals surface area contributed by atoms with Gasteiger partial charge in [0, 0.05) is 44.6 Å². The highest BCUT2D eigenvalue weighted by Gasteiger charge is 2.32. The van der Waals surface area contributed by atoms with Crippen molar-refractivity contribution >= 4 is 27.4 Å². The fourth-order valence-corrected chi connectivity index (χ4v) is 7.78. The Morgan fingerprint density at radius 2 is 1.83 bits per heavy atom. The molecule has 0 spiro atoms. The zero-order valence-electron chi connectivity index (χ0n) is 28.4. The number of nitrogens with one attached hydrogen (secondary N) is 2. The second-order valence-electron chi connectivity index (χ2n) is 12.1. The molecule has 3 N–H and O–H groups in total. The van der Waals surface area contributed by atoms with Gasteiger partial charge in [0.25, 0.3) is 11.6 Å². The molecule has 52 heavy (non-hydrogen) atoms. The fraction of sp³-hybridized carbons (Fsp3) is 0.297. The van der Waals surface area contributed by atoms with E-state index in [2.05, 4.69) is 39.9 Å². The third-order valence-corrected chi connectivity index (χ3v) is 10.8. The van der Waals surface area contributed by atoms with Gasteiger partial charge in [0.1, 0.15) is 17.8 Å². The lowest BCUT2D eigenvalue weighted by molar-refractivity contribution is -0.385. The topological polar surface area (TPSA) is 182 Å². The normalized spacial score (nSPS) is 16.3. The first-order chi connectivity index (χ1) is 25.2. The number of methoxy groups -OCH3 is 1. The zero-order valence-corrected chi connectivity index (χ0v) is 29.3. The van der Waals surface area contributed by atoms with Crippen molar-refractivity contribution in [2.24, 2.45) is 0 Å². The number of sulfonamides is 1. The number of hydrogen-bond acceptors (Lipinski definition) is 11. The van der Waals surface area contributed by atoms with Gasteiger partial charge in [0.05, 0.1) is 30.1 Å². The molecule has 2 aliphatic rings. The molecule has 1 aromatic heterocycles. The summed E-state index contributed by atoms with van der Waals surface area (Å²) in [5, 5.41) is 26.4. The summed E-state index contributed by atoms with van der Waals surface area (Å²) in [4.78, 5) is 27.9. The Morgan fingerprint density at radius 1 is 1.04 bits per heavy atom. The Labute approximate surface area is 301 Å². The first kappa shape index (κ1) is 36.4. The van der Waals surface area contributed by atoms with Crippen LogP contribution in [0.25, 0.3) is 11.1 Å². The lowest BCUT2D eigenvalue weighted by Crippen LogP contribution is -2.38. The average molecular weight is 730 g/mol. The van der Waals surface area contributed by atoms with Gasteiger partial charge in [-0.3, -0.25) is 14.9 Å². The van der Waals surface area contributed by atoms with Gasteiger partial charge in [-0.25, -0.2) is 13.4 Å². The number of aromatic nitrogens is 1. The van der Waals surface area contributed by atoms with E-state index in [-0.39, 0.29) is 55.1 Å². The molecule has 0 radical (unpaired) electrons. The Kier molecular flexibility index (Phi) is 11.4. The molecule has 1 aliphatic carbocycles. The van der Waals surface area contributed by atoms with Gasteiger partial charge >= 0.3 is 0 Å². The number of nitro groups is 1. The van der Waals surface area contributed by atoms with E-state index in [1.165, 1.54) is 48.1 Å². The van der Waals surface area contributed by atoms with Crippen LogP contribution in [0.3, 0.4) is 0 Å². The molecule has 2 heterocycles. The summed E-state index contributed by atoms with van der Waals surface area (Å²) in [5.74, 6) is 0.295. The van der Waals surface area contributed by atoms with E-state index in [9.17, 15) is 28.4 Å². The van der Waals surface area contributed by atoms with Gasteiger partial charge in [-0.1, -0.05) is 42.5 Å². The smallest absolute Gasteiger partial charge is 0.287 e. The number of carbonyl (C=O) groups excluding carboxylic acids is 1. The van der Waals surface area contributed by atoms with Crippen LogP contribution in [-0.4, -0.2) is 86.4 Å². The maximum absolute atomic E-state index is 13.5. The van der Waals surface area contributed by atoms with Crippen LogP contribution in [0.4, 0.5) is 11.5 Å². The van der Waals surface area contributed by atoms with Crippen molar-refractivity contribution in [1.29, 1.82) is 0 Å². The van der Waals surface area contributed by atoms with Crippen LogP contribution < -0.4 is 15.4 Å². The highest BCUT2D eigenvalue weighted by Crippen LogP contribution is 2.43. The van der Waals surface area contributed by atoms with Crippen molar-refractivity contribution in [2.45, 2.75) is 29.9 Å². The summed E-state index contributed by atoms with van der Waals surface area (Å²) in [6, 6.07) is 23.2. The number of allylic oxidation sites excluding steroid dienone is 1. The summed E-state index contributed by atoms with van der Waals surface area (Å²) in [6.07, 6.45) is 3.20. The number of amides is 1. The van der Waals surface area contributed by atoms with E-state index in [1.54, 1.807) is 18.2 Å². The van der Waals surface area contributed by atoms with E-state index in [0.717, 1.165) is 28.0 Å². The van der Waals surface area contributed by atoms with Gasteiger partial charge in [-0.15, -0.1) is 0 Å². The molecule has 1 aliphatic heterocycles. The van der Waals surface area contributed by atoms with E-state index in [4.69, 9.17) is 14.2 Å². The van der Waals surface area contributed by atoms with Gasteiger partial charge in [-0.05, 0) is 70.6 Å². The van der Waals surface area contributed by atoms with Crippen LogP contribution in [0.1, 0.15) is 29.0 Å². The van der Waals surface area contributed by atoms with Crippen molar-refractivity contribution in [2.75, 3.05) is 51.8 Å². The van der Waals surface area contributed by atoms with Gasteiger partial charge < -0.3 is 30.0 Å². The first-order valence-electron chi connectivity index (χ1n) is 16.8. The standard InChI is InChI=1S/C37H39N5O9S/c1-49-28-10-12-29(13-11-28)52(47,48)41(17-19-43)18-20-50-36-23-26(31-7-4-8-32-30-6-3-2-5-25(30)21-33(31)32)22-34(51-36)37(44)39-16-15-38-35-14-9-27(24-40-35)42(45)46/h2-14,22,24,26,36,43H,15-21,23H2,1H3,(H,38,40)(H,39,44)/t26-,36+/m1/s1. The molecule has 3 aromatic carbocycles. The minimum atomic E-state index is -3.96. The van der Waals surface area contributed by atoms with Crippen molar-refractivity contribution in [3.63, 3.8) is 0 Å². The lowest BCUT2D eigenvalue weighted by Gasteiger charge is -2.31. The Morgan fingerprint density at radius 3 is 2.56 bits per heavy atom. The zero-order chi connectivity index (χ0) is 36.7. The quantitative estimate of drug-likeness (QED) is 0.0752. The highest BCUT2D eigenvalue weighted by molar-refractivity contribution is 7.89. The average Bonchev–Trinajstić information content (AvgIpc) is 3.55. The van der Waals surface area contributed by atoms with Crippen LogP contribution in [0, 0.1) is 10.1 Å². The number of aliphatic hydroxyl groups is 1. The summed E-state index contributed by atoms with van der Waals surface area (Å²) < 4.78 is 45.4. The number of carbonyl (C=O) groups is 1. The molecule has 14 nitrogen and oxygen atoms in total. The molecule has 15 heteroatoms. The van der Waals surface area contributed by atoms with E-state index in [0.29, 0.717) is 24.5 Å². The first-order valence-corrected chi connectivity index (χ1v) is 18.2. The van der Waals surface area contributed by atoms with Crippen molar-refractivity contribution in [3.05, 3.63) is 124 Å². The van der Waals surface area contributed by atoms with Gasteiger partial charge in [0.15, 0.2) is 5.76 Å². The van der Waals surface area contributed by atoms with E-state index in [1.807, 2.05) is 18.2 Å². The van der Waals surface area contributed by atoms with Gasteiger partial charge in [-0.2, -0.15) is 4.31 Å². The lowest BCUT2D eigenvalue weighted by atomic mass is 9.87. The molecule has 0 saturated heterocycles. The number of rotatable bonds is 16. The second-order valence-corrected chi connectivity index (χ2v) is 14.1. The minimum absolute atomic E-state index is 0.0513. The van der Waals surface area contributed by atoms with Crippen molar-refractivity contribution < 1.29 is 37.5 Å². The molecular formula is C37H39N5O9S. The Hall–Kier alpha value is -5.35. The number of anilines is 1. The monoisotopic (exact) mass is 729 g/mol. The summed E-state index contributed by atoms with van der Waals surface area (Å²) >= 11 is 0. The predicted molar refractivity (Wildman–Crippen MR) is 192 cm³/mol. The third-order valence-electron chi connectivity index (χ3n) is 8.93. The van der Waals surface area contributed by atoms with Crippen LogP contribution >= 0.6 is 0 Å². The van der Waals surface area contributed by atoms with Crippen LogP contribution in [-0.2, 0) is 30.7 Å². The number of nitrogens with zero attached hydrogens (tertiary/aromatic N) is 3. The number of fused-ring (bicyclic) bond motifs is 3. The number of ether oxygens (including phenoxy) is 3. The molecule has 0 bridgehead atoms. The van der Waals surface area contributed by atoms with E-state index >= 15 is 0 Å². The maximum Gasteiger partial charge on any atom is 0.287 e. The Bertz CT molecular complexity index is 2040. The molecule has 4 aromatic rings. The molecule has 0 fully saturated rings. The molecule has 2 atom stereocenters.